The van der Waals surface area contributed by atoms with E-state index in [0.29, 0.717) is 18.4 Å². The van der Waals surface area contributed by atoms with Gasteiger partial charge < -0.3 is 15.2 Å². The molecule has 4 rings (SSSR count). The highest BCUT2D eigenvalue weighted by atomic mass is 16.5. The molecular formula is C17H27NO3. The van der Waals surface area contributed by atoms with E-state index in [1.165, 1.54) is 25.7 Å². The molecule has 0 aromatic carbocycles. The van der Waals surface area contributed by atoms with Crippen LogP contribution in [0.4, 0.5) is 0 Å². The number of fused-ring (bicyclic) bond motifs is 2. The minimum Gasteiger partial charge on any atom is -0.393 e. The Morgan fingerprint density at radius 2 is 1.90 bits per heavy atom. The second-order valence-electron chi connectivity index (χ2n) is 7.76. The summed E-state index contributed by atoms with van der Waals surface area (Å²) >= 11 is 0. The molecule has 3 saturated carbocycles. The van der Waals surface area contributed by atoms with Crippen molar-refractivity contribution < 1.29 is 14.6 Å². The van der Waals surface area contributed by atoms with E-state index in [-0.39, 0.29) is 23.5 Å². The molecule has 2 atom stereocenters. The van der Waals surface area contributed by atoms with E-state index in [4.69, 9.17) is 4.74 Å². The van der Waals surface area contributed by atoms with Gasteiger partial charge in [-0.05, 0) is 70.1 Å². The molecule has 4 aliphatic rings. The molecule has 1 heterocycles. The Hall–Kier alpha value is -0.610. The number of carbonyl (C=O) groups excluding carboxylic acids is 1. The highest BCUT2D eigenvalue weighted by molar-refractivity contribution is 5.85. The van der Waals surface area contributed by atoms with Gasteiger partial charge in [0, 0.05) is 6.54 Å². The first-order chi connectivity index (χ1) is 10.1. The Kier molecular flexibility index (Phi) is 2.97. The number of hydrogen-bond donors (Lipinski definition) is 2. The second-order valence-corrected chi connectivity index (χ2v) is 7.76. The lowest BCUT2D eigenvalue weighted by Gasteiger charge is -2.44. The van der Waals surface area contributed by atoms with Gasteiger partial charge >= 0.3 is 0 Å². The normalized spacial score (nSPS) is 41.0. The van der Waals surface area contributed by atoms with Crippen molar-refractivity contribution in [2.45, 2.75) is 69.5 Å². The minimum atomic E-state index is -0.450. The van der Waals surface area contributed by atoms with Crippen LogP contribution in [0.3, 0.4) is 0 Å². The fourth-order valence-electron chi connectivity index (χ4n) is 5.49. The molecule has 4 fully saturated rings. The monoisotopic (exact) mass is 293 g/mol. The third-order valence-electron chi connectivity index (χ3n) is 6.42. The Labute approximate surface area is 126 Å². The van der Waals surface area contributed by atoms with Crippen molar-refractivity contribution in [2.24, 2.45) is 17.3 Å². The zero-order chi connectivity index (χ0) is 14.7. The molecule has 4 nitrogen and oxygen atoms in total. The summed E-state index contributed by atoms with van der Waals surface area (Å²) in [5.74, 6) is 1.28. The molecule has 2 N–H and O–H groups in total. The van der Waals surface area contributed by atoms with Gasteiger partial charge in [-0.3, -0.25) is 4.79 Å². The molecule has 2 bridgehead atoms. The van der Waals surface area contributed by atoms with Crippen LogP contribution >= 0.6 is 0 Å². The van der Waals surface area contributed by atoms with Gasteiger partial charge in [0.05, 0.1) is 23.2 Å². The first-order valence-corrected chi connectivity index (χ1v) is 8.72. The number of carbonyl (C=O) groups is 1. The van der Waals surface area contributed by atoms with Crippen molar-refractivity contribution >= 4 is 5.91 Å². The van der Waals surface area contributed by atoms with E-state index in [0.717, 1.165) is 25.7 Å². The third kappa shape index (κ3) is 1.72. The molecular weight excluding hydrogens is 266 g/mol. The van der Waals surface area contributed by atoms with Gasteiger partial charge in [-0.2, -0.15) is 0 Å². The quantitative estimate of drug-likeness (QED) is 0.815. The van der Waals surface area contributed by atoms with Gasteiger partial charge in [0.2, 0.25) is 5.91 Å². The predicted molar refractivity (Wildman–Crippen MR) is 78.7 cm³/mol. The summed E-state index contributed by atoms with van der Waals surface area (Å²) in [6.07, 6.45) is 8.35. The van der Waals surface area contributed by atoms with Crippen molar-refractivity contribution in [3.05, 3.63) is 0 Å². The summed E-state index contributed by atoms with van der Waals surface area (Å²) in [5.41, 5.74) is -1.10. The van der Waals surface area contributed by atoms with Crippen LogP contribution in [0.15, 0.2) is 0 Å². The van der Waals surface area contributed by atoms with Gasteiger partial charge in [0.15, 0.2) is 0 Å². The average Bonchev–Trinajstić information content (AvgIpc) is 3.38. The van der Waals surface area contributed by atoms with E-state index in [1.54, 1.807) is 0 Å². The van der Waals surface area contributed by atoms with Gasteiger partial charge in [-0.15, -0.1) is 0 Å². The molecule has 118 valence electrons. The molecule has 2 unspecified atom stereocenters. The van der Waals surface area contributed by atoms with E-state index in [2.05, 4.69) is 5.32 Å². The fourth-order valence-corrected chi connectivity index (χ4v) is 5.49. The van der Waals surface area contributed by atoms with Gasteiger partial charge in [0.25, 0.3) is 0 Å². The molecule has 0 spiro atoms. The maximum absolute atomic E-state index is 13.0. The Morgan fingerprint density at radius 1 is 1.24 bits per heavy atom. The summed E-state index contributed by atoms with van der Waals surface area (Å²) in [5, 5.41) is 13.1. The lowest BCUT2D eigenvalue weighted by Crippen LogP contribution is -2.57. The van der Waals surface area contributed by atoms with Crippen LogP contribution in [0.5, 0.6) is 0 Å². The van der Waals surface area contributed by atoms with Gasteiger partial charge in [0.1, 0.15) is 0 Å². The van der Waals surface area contributed by atoms with E-state index < -0.39 is 5.60 Å². The van der Waals surface area contributed by atoms with Gasteiger partial charge in [-0.25, -0.2) is 0 Å². The SMILES string of the molecule is CCNC(=O)C12CCCC(CO)(C1)OC2(C1CC1)C1CC1. The van der Waals surface area contributed by atoms with Crippen molar-refractivity contribution in [3.8, 4) is 0 Å². The number of hydrogen-bond acceptors (Lipinski definition) is 3. The number of aliphatic hydroxyl groups is 1. The number of ether oxygens (including phenoxy) is 1. The zero-order valence-corrected chi connectivity index (χ0v) is 13.0. The van der Waals surface area contributed by atoms with Crippen LogP contribution in [0.25, 0.3) is 0 Å². The topological polar surface area (TPSA) is 58.6 Å². The Balaban J connectivity index is 1.80. The van der Waals surface area contributed by atoms with E-state index in [1.807, 2.05) is 6.92 Å². The smallest absolute Gasteiger partial charge is 0.229 e. The summed E-state index contributed by atoms with van der Waals surface area (Å²) < 4.78 is 6.72. The lowest BCUT2D eigenvalue weighted by molar-refractivity contribution is -0.169. The maximum atomic E-state index is 13.0. The van der Waals surface area contributed by atoms with Crippen molar-refractivity contribution in [3.63, 3.8) is 0 Å². The number of rotatable bonds is 5. The molecule has 0 aromatic rings. The van der Waals surface area contributed by atoms with Crippen LogP contribution in [0, 0.1) is 17.3 Å². The maximum Gasteiger partial charge on any atom is 0.229 e. The Morgan fingerprint density at radius 3 is 2.43 bits per heavy atom. The van der Waals surface area contributed by atoms with Crippen LogP contribution in [-0.2, 0) is 9.53 Å². The number of amides is 1. The average molecular weight is 293 g/mol. The highest BCUT2D eigenvalue weighted by Gasteiger charge is 2.76. The van der Waals surface area contributed by atoms with Crippen LogP contribution in [0.1, 0.15) is 58.3 Å². The standard InChI is InChI=1S/C17H27NO3/c1-2-18-14(20)16-9-3-8-15(10-16,11-19)21-17(16,12-4-5-12)13-6-7-13/h12-13,19H,2-11H2,1H3,(H,18,20). The van der Waals surface area contributed by atoms with Crippen LogP contribution < -0.4 is 5.32 Å². The second kappa shape index (κ2) is 4.45. The molecule has 4 heteroatoms. The first-order valence-electron chi connectivity index (χ1n) is 8.72. The molecule has 0 radical (unpaired) electrons. The third-order valence-corrected chi connectivity index (χ3v) is 6.42. The highest BCUT2D eigenvalue weighted by Crippen LogP contribution is 2.71. The van der Waals surface area contributed by atoms with Crippen LogP contribution in [0.2, 0.25) is 0 Å². The van der Waals surface area contributed by atoms with E-state index >= 15 is 0 Å². The van der Waals surface area contributed by atoms with Crippen molar-refractivity contribution in [1.82, 2.24) is 5.32 Å². The molecule has 1 saturated heterocycles. The largest absolute Gasteiger partial charge is 0.393 e. The number of aliphatic hydroxyl groups excluding tert-OH is 1. The summed E-state index contributed by atoms with van der Waals surface area (Å²) in [6, 6.07) is 0. The number of nitrogens with one attached hydrogen (secondary N) is 1. The summed E-state index contributed by atoms with van der Waals surface area (Å²) in [4.78, 5) is 13.0. The summed E-state index contributed by atoms with van der Waals surface area (Å²) in [7, 11) is 0. The summed E-state index contributed by atoms with van der Waals surface area (Å²) in [6.45, 7) is 2.73. The molecule has 1 amide bonds. The van der Waals surface area contributed by atoms with Crippen molar-refractivity contribution in [2.75, 3.05) is 13.2 Å². The minimum absolute atomic E-state index is 0.0648. The van der Waals surface area contributed by atoms with E-state index in [9.17, 15) is 9.90 Å². The van der Waals surface area contributed by atoms with Crippen molar-refractivity contribution in [1.29, 1.82) is 0 Å². The molecule has 3 aliphatic carbocycles. The molecule has 0 aromatic heterocycles. The molecule has 1 aliphatic heterocycles. The Bertz CT molecular complexity index is 445. The molecule has 21 heavy (non-hydrogen) atoms. The van der Waals surface area contributed by atoms with Gasteiger partial charge in [-0.1, -0.05) is 0 Å². The fraction of sp³-hybridized carbons (Fsp3) is 0.941. The first kappa shape index (κ1) is 14.0. The predicted octanol–water partition coefficient (Wildman–Crippen LogP) is 2.00. The zero-order valence-electron chi connectivity index (χ0n) is 13.0. The van der Waals surface area contributed by atoms with Crippen LogP contribution in [-0.4, -0.2) is 35.4 Å². The lowest BCUT2D eigenvalue weighted by atomic mass is 9.59.